The lowest BCUT2D eigenvalue weighted by Crippen LogP contribution is -2.00. The van der Waals surface area contributed by atoms with Gasteiger partial charge in [0.1, 0.15) is 6.29 Å². The Bertz CT molecular complexity index is 516. The number of carbonyl (C=O) groups excluding carboxylic acids is 2. The first-order valence-corrected chi connectivity index (χ1v) is 5.75. The normalized spacial score (nSPS) is 9.00. The van der Waals surface area contributed by atoms with Gasteiger partial charge in [-0.2, -0.15) is 0 Å². The lowest BCUT2D eigenvalue weighted by molar-refractivity contribution is -0.106. The average molecular weight is 240 g/mol. The number of benzene rings is 2. The Labute approximate surface area is 107 Å². The molecule has 2 nitrogen and oxygen atoms in total. The Morgan fingerprint density at radius 1 is 0.944 bits per heavy atom. The fourth-order valence-electron chi connectivity index (χ4n) is 1.54. The van der Waals surface area contributed by atoms with Gasteiger partial charge in [-0.25, -0.2) is 0 Å². The second kappa shape index (κ2) is 7.17. The van der Waals surface area contributed by atoms with Crippen LogP contribution >= 0.6 is 0 Å². The monoisotopic (exact) mass is 240 g/mol. The molecule has 2 heteroatoms. The van der Waals surface area contributed by atoms with Gasteiger partial charge in [-0.05, 0) is 19.9 Å². The average Bonchev–Trinajstić information content (AvgIpc) is 2.40. The number of hydrogen-bond acceptors (Lipinski definition) is 2. The molecule has 0 radical (unpaired) electrons. The molecule has 0 spiro atoms. The van der Waals surface area contributed by atoms with Crippen molar-refractivity contribution in [2.75, 3.05) is 0 Å². The van der Waals surface area contributed by atoms with Gasteiger partial charge in [0.25, 0.3) is 0 Å². The molecule has 0 bridgehead atoms. The lowest BCUT2D eigenvalue weighted by Gasteiger charge is -2.01. The van der Waals surface area contributed by atoms with Crippen molar-refractivity contribution in [3.63, 3.8) is 0 Å². The highest BCUT2D eigenvalue weighted by atomic mass is 16.1. The minimum absolute atomic E-state index is 0.0827. The van der Waals surface area contributed by atoms with E-state index < -0.39 is 0 Å². The molecule has 0 fully saturated rings. The predicted octanol–water partition coefficient (Wildman–Crippen LogP) is 3.43. The van der Waals surface area contributed by atoms with E-state index in [4.69, 9.17) is 4.79 Å². The zero-order valence-electron chi connectivity index (χ0n) is 10.6. The maximum atomic E-state index is 12.0. The minimum Gasteiger partial charge on any atom is -0.304 e. The van der Waals surface area contributed by atoms with Crippen molar-refractivity contribution in [2.24, 2.45) is 0 Å². The summed E-state index contributed by atoms with van der Waals surface area (Å²) >= 11 is 0. The highest BCUT2D eigenvalue weighted by Gasteiger charge is 2.07. The molecule has 0 heterocycles. The second-order valence-electron chi connectivity index (χ2n) is 3.80. The third-order valence-corrected chi connectivity index (χ3v) is 2.32. The van der Waals surface area contributed by atoms with E-state index in [9.17, 15) is 4.79 Å². The summed E-state index contributed by atoms with van der Waals surface area (Å²) in [7, 11) is 0. The van der Waals surface area contributed by atoms with Gasteiger partial charge in [0.15, 0.2) is 5.78 Å². The van der Waals surface area contributed by atoms with Crippen LogP contribution in [0, 0.1) is 6.92 Å². The van der Waals surface area contributed by atoms with E-state index in [1.807, 2.05) is 61.5 Å². The molecule has 2 aromatic rings. The minimum atomic E-state index is 0.0827. The molecule has 92 valence electrons. The van der Waals surface area contributed by atoms with Gasteiger partial charge in [-0.1, -0.05) is 54.1 Å². The molecular formula is C16H16O2. The zero-order chi connectivity index (χ0) is 13.4. The lowest BCUT2D eigenvalue weighted by atomic mass is 10.0. The third-order valence-electron chi connectivity index (χ3n) is 2.32. The quantitative estimate of drug-likeness (QED) is 0.595. The molecule has 0 aliphatic carbocycles. The van der Waals surface area contributed by atoms with E-state index >= 15 is 0 Å². The summed E-state index contributed by atoms with van der Waals surface area (Å²) in [6.07, 6.45) is 0.750. The summed E-state index contributed by atoms with van der Waals surface area (Å²) in [6.45, 7) is 3.43. The van der Waals surface area contributed by atoms with Crippen molar-refractivity contribution < 1.29 is 9.59 Å². The summed E-state index contributed by atoms with van der Waals surface area (Å²) in [5.41, 5.74) is 2.60. The topological polar surface area (TPSA) is 34.1 Å². The maximum absolute atomic E-state index is 12.0. The third kappa shape index (κ3) is 3.98. The van der Waals surface area contributed by atoms with E-state index in [0.717, 1.165) is 23.0 Å². The fraction of sp³-hybridized carbons (Fsp3) is 0.125. The van der Waals surface area contributed by atoms with E-state index in [1.165, 1.54) is 6.92 Å². The fourth-order valence-corrected chi connectivity index (χ4v) is 1.54. The standard InChI is InChI=1S/C14H12O.C2H4O/c1-11-6-5-9-13(10-11)14(15)12-7-3-2-4-8-12;1-2-3/h2-10H,1H3;2H,1H3. The van der Waals surface area contributed by atoms with Crippen LogP contribution in [0.2, 0.25) is 0 Å². The summed E-state index contributed by atoms with van der Waals surface area (Å²) < 4.78 is 0. The van der Waals surface area contributed by atoms with Crippen LogP contribution in [0.4, 0.5) is 0 Å². The van der Waals surface area contributed by atoms with Crippen LogP contribution in [-0.4, -0.2) is 12.1 Å². The van der Waals surface area contributed by atoms with Crippen molar-refractivity contribution >= 4 is 12.1 Å². The maximum Gasteiger partial charge on any atom is 0.193 e. The molecule has 0 unspecified atom stereocenters. The molecule has 0 saturated heterocycles. The van der Waals surface area contributed by atoms with Crippen molar-refractivity contribution in [2.45, 2.75) is 13.8 Å². The highest BCUT2D eigenvalue weighted by molar-refractivity contribution is 6.09. The van der Waals surface area contributed by atoms with Crippen molar-refractivity contribution in [1.29, 1.82) is 0 Å². The molecule has 2 aromatic carbocycles. The first-order chi connectivity index (χ1) is 8.69. The molecule has 2 rings (SSSR count). The number of aryl methyl sites for hydroxylation is 1. The zero-order valence-corrected chi connectivity index (χ0v) is 10.6. The Morgan fingerprint density at radius 2 is 1.50 bits per heavy atom. The molecule has 0 saturated carbocycles. The van der Waals surface area contributed by atoms with Crippen LogP contribution < -0.4 is 0 Å². The Morgan fingerprint density at radius 3 is 2.06 bits per heavy atom. The van der Waals surface area contributed by atoms with Crippen LogP contribution in [0.25, 0.3) is 0 Å². The second-order valence-corrected chi connectivity index (χ2v) is 3.80. The molecule has 0 aliphatic rings. The van der Waals surface area contributed by atoms with E-state index in [0.29, 0.717) is 0 Å². The Kier molecular flexibility index (Phi) is 5.52. The number of rotatable bonds is 2. The molecule has 0 N–H and O–H groups in total. The Hall–Kier alpha value is -2.22. The number of ketones is 1. The van der Waals surface area contributed by atoms with Crippen LogP contribution in [0.5, 0.6) is 0 Å². The molecule has 0 aliphatic heterocycles. The molecule has 0 atom stereocenters. The van der Waals surface area contributed by atoms with Crippen molar-refractivity contribution in [3.05, 3.63) is 71.3 Å². The van der Waals surface area contributed by atoms with Gasteiger partial charge in [-0.3, -0.25) is 4.79 Å². The summed E-state index contributed by atoms with van der Waals surface area (Å²) in [4.78, 5) is 20.8. The molecule has 0 amide bonds. The van der Waals surface area contributed by atoms with Gasteiger partial charge >= 0.3 is 0 Å². The Balaban J connectivity index is 0.000000492. The number of carbonyl (C=O) groups is 2. The van der Waals surface area contributed by atoms with Gasteiger partial charge in [0.05, 0.1) is 0 Å². The molecular weight excluding hydrogens is 224 g/mol. The van der Waals surface area contributed by atoms with E-state index in [-0.39, 0.29) is 5.78 Å². The van der Waals surface area contributed by atoms with Crippen molar-refractivity contribution in [3.8, 4) is 0 Å². The van der Waals surface area contributed by atoms with Crippen molar-refractivity contribution in [1.82, 2.24) is 0 Å². The highest BCUT2D eigenvalue weighted by Crippen LogP contribution is 2.10. The number of hydrogen-bond donors (Lipinski definition) is 0. The van der Waals surface area contributed by atoms with Gasteiger partial charge in [-0.15, -0.1) is 0 Å². The molecule has 0 aromatic heterocycles. The smallest absolute Gasteiger partial charge is 0.193 e. The van der Waals surface area contributed by atoms with E-state index in [2.05, 4.69) is 0 Å². The van der Waals surface area contributed by atoms with E-state index in [1.54, 1.807) is 0 Å². The first-order valence-electron chi connectivity index (χ1n) is 5.75. The SMILES string of the molecule is CC=O.Cc1cccc(C(=O)c2ccccc2)c1. The number of aldehydes is 1. The summed E-state index contributed by atoms with van der Waals surface area (Å²) in [5.74, 6) is 0.0827. The summed E-state index contributed by atoms with van der Waals surface area (Å²) in [5, 5.41) is 0. The van der Waals surface area contributed by atoms with Gasteiger partial charge in [0, 0.05) is 11.1 Å². The first kappa shape index (κ1) is 13.8. The van der Waals surface area contributed by atoms with Gasteiger partial charge in [0.2, 0.25) is 0 Å². The predicted molar refractivity (Wildman–Crippen MR) is 72.8 cm³/mol. The van der Waals surface area contributed by atoms with Gasteiger partial charge < -0.3 is 4.79 Å². The van der Waals surface area contributed by atoms with Crippen LogP contribution in [0.3, 0.4) is 0 Å². The largest absolute Gasteiger partial charge is 0.304 e. The molecule has 18 heavy (non-hydrogen) atoms. The van der Waals surface area contributed by atoms with Crippen LogP contribution in [0.1, 0.15) is 28.4 Å². The summed E-state index contributed by atoms with van der Waals surface area (Å²) in [6, 6.07) is 17.0. The van der Waals surface area contributed by atoms with Crippen LogP contribution in [-0.2, 0) is 4.79 Å². The van der Waals surface area contributed by atoms with Crippen LogP contribution in [0.15, 0.2) is 54.6 Å².